The molecule has 0 aliphatic carbocycles. The summed E-state index contributed by atoms with van der Waals surface area (Å²) in [6.45, 7) is 2.67. The minimum Gasteiger partial charge on any atom is -0.390 e. The molecule has 0 spiro atoms. The highest BCUT2D eigenvalue weighted by Crippen LogP contribution is 2.23. The van der Waals surface area contributed by atoms with Crippen molar-refractivity contribution in [3.05, 3.63) is 11.9 Å². The number of rotatable bonds is 0. The first kappa shape index (κ1) is 7.18. The number of aliphatic hydroxyl groups excluding tert-OH is 1. The third-order valence-electron chi connectivity index (χ3n) is 1.67. The fourth-order valence-electron chi connectivity index (χ4n) is 1.22. The van der Waals surface area contributed by atoms with Gasteiger partial charge in [0.25, 0.3) is 0 Å². The summed E-state index contributed by atoms with van der Waals surface area (Å²) in [5, 5.41) is 10.3. The number of fused-ring (bicyclic) bond motifs is 1. The fraction of sp³-hybridized carbons (Fsp3) is 0.571. The summed E-state index contributed by atoms with van der Waals surface area (Å²) in [6, 6.07) is 0. The van der Waals surface area contributed by atoms with Gasteiger partial charge in [-0.05, 0) is 6.92 Å². The molecule has 1 aliphatic heterocycles. The maximum atomic E-state index is 9.30. The van der Waals surface area contributed by atoms with Crippen LogP contribution in [0.3, 0.4) is 0 Å². The highest BCUT2D eigenvalue weighted by atomic mass is 32.2. The predicted molar refractivity (Wildman–Crippen MR) is 43.7 cm³/mol. The number of aliphatic hydroxyl groups is 1. The van der Waals surface area contributed by atoms with Gasteiger partial charge in [-0.25, -0.2) is 4.98 Å². The quantitative estimate of drug-likeness (QED) is 0.621. The second-order valence-corrected chi connectivity index (χ2v) is 3.77. The smallest absolute Gasteiger partial charge is 0.168 e. The van der Waals surface area contributed by atoms with Gasteiger partial charge in [-0.3, -0.25) is 0 Å². The maximum absolute atomic E-state index is 9.30. The van der Waals surface area contributed by atoms with Crippen molar-refractivity contribution >= 4 is 11.8 Å². The van der Waals surface area contributed by atoms with Crippen molar-refractivity contribution in [2.45, 2.75) is 24.7 Å². The second kappa shape index (κ2) is 2.53. The summed E-state index contributed by atoms with van der Waals surface area (Å²) >= 11 is 1.62. The van der Waals surface area contributed by atoms with Crippen molar-refractivity contribution in [3.8, 4) is 0 Å². The molecule has 0 radical (unpaired) electrons. The molecule has 0 bridgehead atoms. The Labute approximate surface area is 69.4 Å². The summed E-state index contributed by atoms with van der Waals surface area (Å²) in [5.41, 5.74) is 1.03. The Hall–Kier alpha value is -0.480. The van der Waals surface area contributed by atoms with Gasteiger partial charge in [0.1, 0.15) is 0 Å². The van der Waals surface area contributed by atoms with Crippen LogP contribution in [-0.4, -0.2) is 26.5 Å². The topological polar surface area (TPSA) is 38.0 Å². The van der Waals surface area contributed by atoms with E-state index in [9.17, 15) is 5.11 Å². The lowest BCUT2D eigenvalue weighted by molar-refractivity contribution is 0.170. The molecule has 4 heteroatoms. The van der Waals surface area contributed by atoms with Gasteiger partial charge in [0, 0.05) is 11.9 Å². The number of nitrogens with zero attached hydrogens (tertiary/aromatic N) is 2. The summed E-state index contributed by atoms with van der Waals surface area (Å²) in [5.74, 6) is 0.774. The van der Waals surface area contributed by atoms with Gasteiger partial charge >= 0.3 is 0 Å². The minimum atomic E-state index is -0.207. The molecular formula is C7H10N2OS. The summed E-state index contributed by atoms with van der Waals surface area (Å²) < 4.78 is 2.01. The zero-order valence-corrected chi connectivity index (χ0v) is 7.14. The molecule has 1 N–H and O–H groups in total. The van der Waals surface area contributed by atoms with E-state index in [0.717, 1.165) is 16.6 Å². The Balaban J connectivity index is 2.34. The average molecular weight is 170 g/mol. The monoisotopic (exact) mass is 170 g/mol. The number of hydrogen-bond donors (Lipinski definition) is 1. The summed E-state index contributed by atoms with van der Waals surface area (Å²) in [6.07, 6.45) is 1.77. The van der Waals surface area contributed by atoms with E-state index >= 15 is 0 Å². The molecule has 1 atom stereocenters. The van der Waals surface area contributed by atoms with E-state index in [1.54, 1.807) is 11.8 Å². The van der Waals surface area contributed by atoms with Crippen molar-refractivity contribution < 1.29 is 5.11 Å². The number of thioether (sulfide) groups is 1. The van der Waals surface area contributed by atoms with Crippen LogP contribution >= 0.6 is 11.8 Å². The lowest BCUT2D eigenvalue weighted by atomic mass is 10.4. The molecule has 2 heterocycles. The van der Waals surface area contributed by atoms with Gasteiger partial charge in [0.2, 0.25) is 0 Å². The van der Waals surface area contributed by atoms with Crippen molar-refractivity contribution in [2.24, 2.45) is 0 Å². The third-order valence-corrected chi connectivity index (χ3v) is 2.81. The van der Waals surface area contributed by atoms with Gasteiger partial charge < -0.3 is 9.67 Å². The molecule has 1 aliphatic rings. The molecular weight excluding hydrogens is 160 g/mol. The van der Waals surface area contributed by atoms with Crippen LogP contribution in [0.15, 0.2) is 11.4 Å². The van der Waals surface area contributed by atoms with Crippen LogP contribution in [0.2, 0.25) is 0 Å². The molecule has 0 saturated heterocycles. The highest BCUT2D eigenvalue weighted by molar-refractivity contribution is 7.99. The first-order valence-electron chi connectivity index (χ1n) is 3.60. The molecule has 1 unspecified atom stereocenters. The lowest BCUT2D eigenvalue weighted by Gasteiger charge is -2.17. The number of aromatic nitrogens is 2. The van der Waals surface area contributed by atoms with Gasteiger partial charge in [-0.1, -0.05) is 11.8 Å². The normalized spacial score (nSPS) is 23.3. The van der Waals surface area contributed by atoms with Gasteiger partial charge in [0.05, 0.1) is 18.3 Å². The summed E-state index contributed by atoms with van der Waals surface area (Å²) in [7, 11) is 0. The summed E-state index contributed by atoms with van der Waals surface area (Å²) in [4.78, 5) is 4.30. The molecule has 0 amide bonds. The first-order valence-corrected chi connectivity index (χ1v) is 4.59. The average Bonchev–Trinajstić information content (AvgIpc) is 2.27. The Morgan fingerprint density at radius 3 is 3.45 bits per heavy atom. The van der Waals surface area contributed by atoms with E-state index in [2.05, 4.69) is 4.98 Å². The molecule has 2 rings (SSSR count). The highest BCUT2D eigenvalue weighted by Gasteiger charge is 2.17. The van der Waals surface area contributed by atoms with Crippen LogP contribution in [0.25, 0.3) is 0 Å². The molecule has 0 saturated carbocycles. The molecule has 3 nitrogen and oxygen atoms in total. The Kier molecular flexibility index (Phi) is 1.65. The van der Waals surface area contributed by atoms with Crippen molar-refractivity contribution in [1.29, 1.82) is 0 Å². The van der Waals surface area contributed by atoms with Crippen LogP contribution in [0.4, 0.5) is 0 Å². The van der Waals surface area contributed by atoms with Gasteiger partial charge in [-0.2, -0.15) is 0 Å². The molecule has 0 fully saturated rings. The number of imidazole rings is 1. The van der Waals surface area contributed by atoms with Crippen molar-refractivity contribution in [3.63, 3.8) is 0 Å². The zero-order chi connectivity index (χ0) is 7.84. The van der Waals surface area contributed by atoms with E-state index < -0.39 is 0 Å². The third kappa shape index (κ3) is 1.28. The second-order valence-electron chi connectivity index (χ2n) is 2.78. The van der Waals surface area contributed by atoms with E-state index in [1.807, 2.05) is 17.7 Å². The van der Waals surface area contributed by atoms with Crippen LogP contribution in [0.1, 0.15) is 5.69 Å². The largest absolute Gasteiger partial charge is 0.390 e. The first-order chi connectivity index (χ1) is 5.25. The van der Waals surface area contributed by atoms with E-state index in [1.165, 1.54) is 0 Å². The number of aryl methyl sites for hydroxylation is 1. The SMILES string of the molecule is Cc1cn2c(n1)SCC(O)C2. The predicted octanol–water partition coefficient (Wildman–Crippen LogP) is 0.658. The standard InChI is InChI=1S/C7H10N2OS/c1-5-2-9-3-6(10)4-11-7(9)8-5/h2,6,10H,3-4H2,1H3. The van der Waals surface area contributed by atoms with E-state index in [0.29, 0.717) is 6.54 Å². The Bertz CT molecular complexity index is 271. The van der Waals surface area contributed by atoms with Crippen LogP contribution in [0.5, 0.6) is 0 Å². The van der Waals surface area contributed by atoms with E-state index in [-0.39, 0.29) is 6.10 Å². The van der Waals surface area contributed by atoms with Crippen LogP contribution in [-0.2, 0) is 6.54 Å². The number of hydrogen-bond acceptors (Lipinski definition) is 3. The van der Waals surface area contributed by atoms with Crippen molar-refractivity contribution in [2.75, 3.05) is 5.75 Å². The van der Waals surface area contributed by atoms with Crippen LogP contribution < -0.4 is 0 Å². The van der Waals surface area contributed by atoms with Gasteiger partial charge in [-0.15, -0.1) is 0 Å². The molecule has 1 aromatic heterocycles. The van der Waals surface area contributed by atoms with Crippen LogP contribution in [0, 0.1) is 6.92 Å². The Morgan fingerprint density at radius 1 is 1.82 bits per heavy atom. The van der Waals surface area contributed by atoms with E-state index in [4.69, 9.17) is 0 Å². The molecule has 1 aromatic rings. The van der Waals surface area contributed by atoms with Gasteiger partial charge in [0.15, 0.2) is 5.16 Å². The zero-order valence-electron chi connectivity index (χ0n) is 6.32. The molecule has 60 valence electrons. The molecule has 11 heavy (non-hydrogen) atoms. The lowest BCUT2D eigenvalue weighted by Crippen LogP contribution is -2.22. The Morgan fingerprint density at radius 2 is 2.64 bits per heavy atom. The molecule has 0 aromatic carbocycles. The van der Waals surface area contributed by atoms with Crippen molar-refractivity contribution in [1.82, 2.24) is 9.55 Å². The fourth-order valence-corrected chi connectivity index (χ4v) is 2.17. The minimum absolute atomic E-state index is 0.207. The maximum Gasteiger partial charge on any atom is 0.168 e.